The zero-order valence-electron chi connectivity index (χ0n) is 24.2. The molecule has 0 bridgehead atoms. The maximum Gasteiger partial charge on any atom is 0.275 e. The summed E-state index contributed by atoms with van der Waals surface area (Å²) in [5, 5.41) is 12.8. The second kappa shape index (κ2) is 11.1. The molecule has 9 nitrogen and oxygen atoms in total. The molecule has 2 amide bonds. The third-order valence-corrected chi connectivity index (χ3v) is 8.93. The quantitative estimate of drug-likeness (QED) is 0.302. The SMILES string of the molecule is COc1ccc(Cn2cc(CC(=O)N3CCC4(CCN(C(=O)c5n[nH]c6cc(-c7ccccc7)ccc56)C4)C3)cn2)cc1. The number of amides is 2. The van der Waals surface area contributed by atoms with Gasteiger partial charge in [0.1, 0.15) is 5.75 Å². The Morgan fingerprint density at radius 3 is 2.47 bits per heavy atom. The minimum absolute atomic E-state index is 0.0513. The van der Waals surface area contributed by atoms with Gasteiger partial charge in [-0.25, -0.2) is 0 Å². The minimum atomic E-state index is -0.0591. The molecule has 2 aliphatic rings. The lowest BCUT2D eigenvalue weighted by molar-refractivity contribution is -0.129. The molecule has 5 aromatic rings. The number of benzene rings is 3. The van der Waals surface area contributed by atoms with E-state index in [0.29, 0.717) is 44.8 Å². The van der Waals surface area contributed by atoms with Crippen molar-refractivity contribution in [1.82, 2.24) is 29.8 Å². The van der Waals surface area contributed by atoms with Crippen LogP contribution in [0.5, 0.6) is 5.75 Å². The fourth-order valence-corrected chi connectivity index (χ4v) is 6.52. The molecular formula is C34H34N6O3. The minimum Gasteiger partial charge on any atom is -0.497 e. The van der Waals surface area contributed by atoms with E-state index in [0.717, 1.165) is 51.7 Å². The summed E-state index contributed by atoms with van der Waals surface area (Å²) in [4.78, 5) is 30.7. The first kappa shape index (κ1) is 26.9. The Balaban J connectivity index is 0.963. The number of hydrogen-bond donors (Lipinski definition) is 1. The third kappa shape index (κ3) is 5.38. The Kier molecular flexibility index (Phi) is 6.93. The van der Waals surface area contributed by atoms with E-state index >= 15 is 0 Å². The predicted molar refractivity (Wildman–Crippen MR) is 164 cm³/mol. The van der Waals surface area contributed by atoms with Gasteiger partial charge >= 0.3 is 0 Å². The van der Waals surface area contributed by atoms with Gasteiger partial charge in [-0.1, -0.05) is 48.5 Å². The van der Waals surface area contributed by atoms with E-state index in [2.05, 4.69) is 27.4 Å². The molecule has 0 radical (unpaired) electrons. The van der Waals surface area contributed by atoms with Crippen LogP contribution >= 0.6 is 0 Å². The molecular weight excluding hydrogens is 540 g/mol. The molecule has 3 aromatic carbocycles. The average Bonchev–Trinajstić information content (AvgIpc) is 3.85. The fourth-order valence-electron chi connectivity index (χ4n) is 6.52. The summed E-state index contributed by atoms with van der Waals surface area (Å²) in [7, 11) is 1.65. The van der Waals surface area contributed by atoms with Crippen LogP contribution in [0.3, 0.4) is 0 Å². The summed E-state index contributed by atoms with van der Waals surface area (Å²) >= 11 is 0. The standard InChI is InChI=1S/C34H34N6O3/c1-43-28-10-7-24(8-11-28)20-40-21-25(19-35-40)17-31(41)38-15-13-34(22-38)14-16-39(23-34)33(42)32-29-12-9-27(18-30(29)36-37-32)26-5-3-2-4-6-26/h2-12,18-19,21H,13-17,20,22-23H2,1H3,(H,36,37). The van der Waals surface area contributed by atoms with Gasteiger partial charge in [0.2, 0.25) is 5.91 Å². The number of nitrogens with zero attached hydrogens (tertiary/aromatic N) is 5. The van der Waals surface area contributed by atoms with Crippen LogP contribution in [0, 0.1) is 5.41 Å². The number of likely N-dealkylation sites (tertiary alicyclic amines) is 2. The number of nitrogens with one attached hydrogen (secondary N) is 1. The first-order valence-electron chi connectivity index (χ1n) is 14.7. The van der Waals surface area contributed by atoms with Crippen molar-refractivity contribution in [2.75, 3.05) is 33.3 Å². The third-order valence-electron chi connectivity index (χ3n) is 8.93. The van der Waals surface area contributed by atoms with Crippen LogP contribution in [0.4, 0.5) is 0 Å². The first-order valence-corrected chi connectivity index (χ1v) is 14.7. The van der Waals surface area contributed by atoms with Crippen molar-refractivity contribution >= 4 is 22.7 Å². The fraction of sp³-hybridized carbons (Fsp3) is 0.294. The second-order valence-electron chi connectivity index (χ2n) is 11.8. The molecule has 1 spiro atoms. The lowest BCUT2D eigenvalue weighted by Gasteiger charge is -2.24. The number of fused-ring (bicyclic) bond motifs is 1. The van der Waals surface area contributed by atoms with Crippen molar-refractivity contribution in [3.8, 4) is 16.9 Å². The van der Waals surface area contributed by atoms with Gasteiger partial charge in [-0.3, -0.25) is 19.4 Å². The second-order valence-corrected chi connectivity index (χ2v) is 11.8. The molecule has 2 saturated heterocycles. The summed E-state index contributed by atoms with van der Waals surface area (Å²) in [5.74, 6) is 0.878. The van der Waals surface area contributed by atoms with Gasteiger partial charge in [-0.2, -0.15) is 10.2 Å². The topological polar surface area (TPSA) is 96.4 Å². The summed E-state index contributed by atoms with van der Waals surface area (Å²) in [6.07, 6.45) is 5.84. The van der Waals surface area contributed by atoms with Gasteiger partial charge < -0.3 is 14.5 Å². The molecule has 0 aliphatic carbocycles. The maximum absolute atomic E-state index is 13.6. The number of rotatable bonds is 7. The number of carbonyl (C=O) groups excluding carboxylic acids is 2. The molecule has 4 heterocycles. The van der Waals surface area contributed by atoms with Crippen molar-refractivity contribution in [1.29, 1.82) is 0 Å². The van der Waals surface area contributed by atoms with Gasteiger partial charge in [0.25, 0.3) is 5.91 Å². The van der Waals surface area contributed by atoms with Crippen LogP contribution < -0.4 is 4.74 Å². The number of hydrogen-bond acceptors (Lipinski definition) is 5. The van der Waals surface area contributed by atoms with E-state index in [1.54, 1.807) is 13.3 Å². The maximum atomic E-state index is 13.6. The molecule has 1 atom stereocenters. The van der Waals surface area contributed by atoms with E-state index in [-0.39, 0.29) is 17.2 Å². The number of aromatic amines is 1. The highest BCUT2D eigenvalue weighted by molar-refractivity contribution is 6.05. The van der Waals surface area contributed by atoms with Crippen LogP contribution in [-0.4, -0.2) is 74.9 Å². The number of aromatic nitrogens is 4. The normalized spacial score (nSPS) is 18.2. The van der Waals surface area contributed by atoms with Crippen LogP contribution in [0.2, 0.25) is 0 Å². The van der Waals surface area contributed by atoms with Gasteiger partial charge in [0, 0.05) is 43.2 Å². The van der Waals surface area contributed by atoms with Gasteiger partial charge in [0.05, 0.1) is 31.8 Å². The molecule has 2 fully saturated rings. The summed E-state index contributed by atoms with van der Waals surface area (Å²) in [6.45, 7) is 3.35. The highest BCUT2D eigenvalue weighted by Gasteiger charge is 2.46. The van der Waals surface area contributed by atoms with Crippen LogP contribution in [0.1, 0.15) is 34.5 Å². The zero-order valence-corrected chi connectivity index (χ0v) is 24.2. The van der Waals surface area contributed by atoms with Crippen molar-refractivity contribution in [3.63, 3.8) is 0 Å². The molecule has 0 saturated carbocycles. The lowest BCUT2D eigenvalue weighted by Crippen LogP contribution is -2.36. The zero-order chi connectivity index (χ0) is 29.4. The Morgan fingerprint density at radius 1 is 0.907 bits per heavy atom. The molecule has 1 N–H and O–H groups in total. The molecule has 218 valence electrons. The smallest absolute Gasteiger partial charge is 0.275 e. The Hall–Kier alpha value is -4.92. The van der Waals surface area contributed by atoms with Crippen molar-refractivity contribution in [2.24, 2.45) is 5.41 Å². The van der Waals surface area contributed by atoms with Crippen molar-refractivity contribution in [2.45, 2.75) is 25.8 Å². The van der Waals surface area contributed by atoms with Crippen LogP contribution in [0.15, 0.2) is 85.2 Å². The van der Waals surface area contributed by atoms with E-state index in [4.69, 9.17) is 4.74 Å². The molecule has 1 unspecified atom stereocenters. The summed E-state index contributed by atoms with van der Waals surface area (Å²) in [6, 6.07) is 24.1. The molecule has 2 aliphatic heterocycles. The Labute approximate surface area is 250 Å². The Morgan fingerprint density at radius 2 is 1.67 bits per heavy atom. The molecule has 2 aromatic heterocycles. The lowest BCUT2D eigenvalue weighted by atomic mass is 9.86. The van der Waals surface area contributed by atoms with Gasteiger partial charge in [0.15, 0.2) is 5.69 Å². The van der Waals surface area contributed by atoms with Gasteiger partial charge in [-0.15, -0.1) is 0 Å². The van der Waals surface area contributed by atoms with E-state index in [1.807, 2.05) is 81.3 Å². The van der Waals surface area contributed by atoms with Crippen molar-refractivity contribution < 1.29 is 14.3 Å². The summed E-state index contributed by atoms with van der Waals surface area (Å²) in [5.41, 5.74) is 5.48. The molecule has 9 heteroatoms. The van der Waals surface area contributed by atoms with E-state index < -0.39 is 0 Å². The first-order chi connectivity index (χ1) is 21.0. The molecule has 7 rings (SSSR count). The molecule has 43 heavy (non-hydrogen) atoms. The van der Waals surface area contributed by atoms with Crippen LogP contribution in [-0.2, 0) is 17.8 Å². The number of carbonyl (C=O) groups is 2. The highest BCUT2D eigenvalue weighted by Crippen LogP contribution is 2.40. The highest BCUT2D eigenvalue weighted by atomic mass is 16.5. The average molecular weight is 575 g/mol. The predicted octanol–water partition coefficient (Wildman–Crippen LogP) is 4.79. The van der Waals surface area contributed by atoms with E-state index in [9.17, 15) is 9.59 Å². The van der Waals surface area contributed by atoms with E-state index in [1.165, 1.54) is 0 Å². The number of ether oxygens (including phenoxy) is 1. The van der Waals surface area contributed by atoms with Crippen LogP contribution in [0.25, 0.3) is 22.0 Å². The van der Waals surface area contributed by atoms with Gasteiger partial charge in [-0.05, 0) is 59.4 Å². The number of H-pyrrole nitrogens is 1. The Bertz CT molecular complexity index is 1780. The largest absolute Gasteiger partial charge is 0.497 e. The number of methoxy groups -OCH3 is 1. The monoisotopic (exact) mass is 574 g/mol. The summed E-state index contributed by atoms with van der Waals surface area (Å²) < 4.78 is 7.09. The van der Waals surface area contributed by atoms with Crippen molar-refractivity contribution in [3.05, 3.63) is 102 Å².